The minimum Gasteiger partial charge on any atom is -0.489 e. The highest BCUT2D eigenvalue weighted by atomic mass is 16.5. The zero-order valence-corrected chi connectivity index (χ0v) is 11.3. The largest absolute Gasteiger partial charge is 0.489 e. The first-order valence-corrected chi connectivity index (χ1v) is 6.29. The predicted octanol–water partition coefficient (Wildman–Crippen LogP) is 3.80. The molecule has 20 heavy (non-hydrogen) atoms. The fourth-order valence-electron chi connectivity index (χ4n) is 1.73. The van der Waals surface area contributed by atoms with Crippen molar-refractivity contribution in [2.24, 2.45) is 0 Å². The molecule has 0 unspecified atom stereocenters. The Kier molecular flexibility index (Phi) is 4.56. The molecule has 0 atom stereocenters. The maximum Gasteiger partial charge on any atom is 0.308 e. The van der Waals surface area contributed by atoms with Crippen LogP contribution in [0, 0.1) is 0 Å². The van der Waals surface area contributed by atoms with Gasteiger partial charge >= 0.3 is 5.97 Å². The highest BCUT2D eigenvalue weighted by Crippen LogP contribution is 2.21. The number of benzene rings is 2. The number of ether oxygens (including phenoxy) is 2. The van der Waals surface area contributed by atoms with Gasteiger partial charge in [-0.05, 0) is 17.7 Å². The van der Waals surface area contributed by atoms with Gasteiger partial charge in [0.2, 0.25) is 0 Å². The van der Waals surface area contributed by atoms with E-state index in [0.29, 0.717) is 18.1 Å². The molecule has 0 radical (unpaired) electrons. The van der Waals surface area contributed by atoms with Crippen molar-refractivity contribution in [3.8, 4) is 5.75 Å². The maximum absolute atomic E-state index is 10.9. The van der Waals surface area contributed by atoms with Crippen LogP contribution in [0.5, 0.6) is 5.75 Å². The normalized spacial score (nSPS) is 9.85. The van der Waals surface area contributed by atoms with Gasteiger partial charge in [0.15, 0.2) is 0 Å². The predicted molar refractivity (Wildman–Crippen MR) is 78.0 cm³/mol. The summed E-state index contributed by atoms with van der Waals surface area (Å²) in [5, 5.41) is 0. The number of carbonyl (C=O) groups excluding carboxylic acids is 1. The van der Waals surface area contributed by atoms with Gasteiger partial charge in [-0.1, -0.05) is 49.0 Å². The van der Waals surface area contributed by atoms with E-state index in [1.54, 1.807) is 6.07 Å². The summed E-state index contributed by atoms with van der Waals surface area (Å²) in [6, 6.07) is 17.2. The Morgan fingerprint density at radius 1 is 1.10 bits per heavy atom. The molecule has 0 spiro atoms. The lowest BCUT2D eigenvalue weighted by Gasteiger charge is -2.09. The van der Waals surface area contributed by atoms with Gasteiger partial charge in [-0.3, -0.25) is 4.79 Å². The number of hydrogen-bond donors (Lipinski definition) is 0. The topological polar surface area (TPSA) is 35.5 Å². The lowest BCUT2D eigenvalue weighted by molar-refractivity contribution is -0.134. The van der Waals surface area contributed by atoms with Gasteiger partial charge < -0.3 is 9.47 Å². The summed E-state index contributed by atoms with van der Waals surface area (Å²) in [5.41, 5.74) is 1.82. The van der Waals surface area contributed by atoms with Crippen molar-refractivity contribution >= 4 is 11.7 Å². The summed E-state index contributed by atoms with van der Waals surface area (Å²) in [7, 11) is 0. The number of rotatable bonds is 5. The van der Waals surface area contributed by atoms with Crippen LogP contribution in [0.4, 0.5) is 0 Å². The molecular weight excluding hydrogens is 252 g/mol. The first-order valence-electron chi connectivity index (χ1n) is 6.29. The third-order valence-corrected chi connectivity index (χ3v) is 2.67. The van der Waals surface area contributed by atoms with Crippen LogP contribution in [0.1, 0.15) is 18.1 Å². The molecule has 0 amide bonds. The Morgan fingerprint density at radius 3 is 2.55 bits per heavy atom. The molecule has 0 heterocycles. The molecule has 0 saturated carbocycles. The Balaban J connectivity index is 2.02. The van der Waals surface area contributed by atoms with Crippen molar-refractivity contribution in [3.63, 3.8) is 0 Å². The van der Waals surface area contributed by atoms with Crippen LogP contribution < -0.4 is 4.74 Å². The van der Waals surface area contributed by atoms with Gasteiger partial charge in [0, 0.05) is 12.5 Å². The molecule has 0 aliphatic rings. The SMILES string of the molecule is C=C(OC(C)=O)c1cccc(OCc2ccccc2)c1. The summed E-state index contributed by atoms with van der Waals surface area (Å²) < 4.78 is 10.7. The molecule has 0 fully saturated rings. The standard InChI is InChI=1S/C17H16O3/c1-13(20-14(2)18)16-9-6-10-17(11-16)19-12-15-7-4-3-5-8-15/h3-11H,1,12H2,2H3. The minimum absolute atomic E-state index is 0.322. The van der Waals surface area contributed by atoms with Gasteiger partial charge in [0.05, 0.1) is 0 Å². The smallest absolute Gasteiger partial charge is 0.308 e. The minimum atomic E-state index is -0.384. The number of hydrogen-bond acceptors (Lipinski definition) is 3. The number of esters is 1. The second kappa shape index (κ2) is 6.57. The molecule has 0 bridgehead atoms. The second-order valence-electron chi connectivity index (χ2n) is 4.32. The number of carbonyl (C=O) groups is 1. The summed E-state index contributed by atoms with van der Waals surface area (Å²) in [5.74, 6) is 0.646. The molecule has 0 aliphatic heterocycles. The molecule has 102 valence electrons. The van der Waals surface area contributed by atoms with E-state index in [2.05, 4.69) is 6.58 Å². The summed E-state index contributed by atoms with van der Waals surface area (Å²) >= 11 is 0. The Bertz CT molecular complexity index is 603. The van der Waals surface area contributed by atoms with Crippen LogP contribution in [0.15, 0.2) is 61.2 Å². The van der Waals surface area contributed by atoms with Crippen molar-refractivity contribution in [2.45, 2.75) is 13.5 Å². The molecule has 3 nitrogen and oxygen atoms in total. The molecule has 0 aliphatic carbocycles. The van der Waals surface area contributed by atoms with E-state index >= 15 is 0 Å². The summed E-state index contributed by atoms with van der Waals surface area (Å²) in [4.78, 5) is 10.9. The first kappa shape index (κ1) is 13.9. The highest BCUT2D eigenvalue weighted by Gasteiger charge is 2.04. The molecule has 3 heteroatoms. The monoisotopic (exact) mass is 268 g/mol. The molecule has 0 N–H and O–H groups in total. The van der Waals surface area contributed by atoms with Crippen LogP contribution >= 0.6 is 0 Å². The van der Waals surface area contributed by atoms with E-state index < -0.39 is 0 Å². The lowest BCUT2D eigenvalue weighted by Crippen LogP contribution is -1.98. The average Bonchev–Trinajstić information content (AvgIpc) is 2.46. The van der Waals surface area contributed by atoms with Crippen LogP contribution in [0.2, 0.25) is 0 Å². The van der Waals surface area contributed by atoms with Gasteiger partial charge in [-0.25, -0.2) is 0 Å². The van der Waals surface area contributed by atoms with Gasteiger partial charge in [-0.15, -0.1) is 0 Å². The molecular formula is C17H16O3. The third kappa shape index (κ3) is 3.99. The second-order valence-corrected chi connectivity index (χ2v) is 4.32. The van der Waals surface area contributed by atoms with Crippen LogP contribution in [0.25, 0.3) is 5.76 Å². The van der Waals surface area contributed by atoms with Crippen molar-refractivity contribution < 1.29 is 14.3 Å². The quantitative estimate of drug-likeness (QED) is 0.611. The Morgan fingerprint density at radius 2 is 1.85 bits per heavy atom. The van der Waals surface area contributed by atoms with Crippen molar-refractivity contribution in [1.82, 2.24) is 0 Å². The van der Waals surface area contributed by atoms with E-state index in [4.69, 9.17) is 9.47 Å². The van der Waals surface area contributed by atoms with Crippen molar-refractivity contribution in [2.75, 3.05) is 0 Å². The van der Waals surface area contributed by atoms with E-state index in [1.165, 1.54) is 6.92 Å². The molecule has 2 aromatic carbocycles. The molecule has 2 aromatic rings. The molecule has 0 aromatic heterocycles. The zero-order chi connectivity index (χ0) is 14.4. The zero-order valence-electron chi connectivity index (χ0n) is 11.3. The van der Waals surface area contributed by atoms with E-state index in [-0.39, 0.29) is 5.97 Å². The van der Waals surface area contributed by atoms with Gasteiger partial charge in [0.1, 0.15) is 18.1 Å². The van der Waals surface area contributed by atoms with E-state index in [0.717, 1.165) is 11.1 Å². The lowest BCUT2D eigenvalue weighted by atomic mass is 10.2. The van der Waals surface area contributed by atoms with Crippen molar-refractivity contribution in [1.29, 1.82) is 0 Å². The molecule has 0 saturated heterocycles. The van der Waals surface area contributed by atoms with Crippen molar-refractivity contribution in [3.05, 3.63) is 72.3 Å². The van der Waals surface area contributed by atoms with Gasteiger partial charge in [0.25, 0.3) is 0 Å². The third-order valence-electron chi connectivity index (χ3n) is 2.67. The summed E-state index contributed by atoms with van der Waals surface area (Å²) in [6.45, 7) is 5.56. The fourth-order valence-corrected chi connectivity index (χ4v) is 1.73. The average molecular weight is 268 g/mol. The summed E-state index contributed by atoms with van der Waals surface area (Å²) in [6.07, 6.45) is 0. The molecule has 2 rings (SSSR count). The van der Waals surface area contributed by atoms with Crippen LogP contribution in [-0.4, -0.2) is 5.97 Å². The fraction of sp³-hybridized carbons (Fsp3) is 0.118. The van der Waals surface area contributed by atoms with Gasteiger partial charge in [-0.2, -0.15) is 0 Å². The van der Waals surface area contributed by atoms with E-state index in [9.17, 15) is 4.79 Å². The van der Waals surface area contributed by atoms with Crippen LogP contribution in [-0.2, 0) is 16.1 Å². The Hall–Kier alpha value is -2.55. The van der Waals surface area contributed by atoms with E-state index in [1.807, 2.05) is 48.5 Å². The first-order chi connectivity index (χ1) is 9.65. The van der Waals surface area contributed by atoms with Crippen LogP contribution in [0.3, 0.4) is 0 Å². The highest BCUT2D eigenvalue weighted by molar-refractivity contribution is 5.75. The Labute approximate surface area is 118 Å². The maximum atomic E-state index is 10.9.